The van der Waals surface area contributed by atoms with Crippen molar-refractivity contribution in [2.24, 2.45) is 0 Å². The largest absolute Gasteiger partial charge is 0.497 e. The minimum atomic E-state index is -0.146. The van der Waals surface area contributed by atoms with Crippen LogP contribution in [0.4, 0.5) is 0 Å². The first-order valence-corrected chi connectivity index (χ1v) is 11.7. The molecule has 1 aliphatic heterocycles. The summed E-state index contributed by atoms with van der Waals surface area (Å²) < 4.78 is 12.6. The number of carbonyl (C=O) groups excluding carboxylic acids is 1. The summed E-state index contributed by atoms with van der Waals surface area (Å²) in [6, 6.07) is 21.6. The molecule has 1 amide bonds. The van der Waals surface area contributed by atoms with Gasteiger partial charge in [0.25, 0.3) is 5.91 Å². The van der Waals surface area contributed by atoms with Crippen molar-refractivity contribution in [3.63, 3.8) is 0 Å². The Morgan fingerprint density at radius 1 is 1.00 bits per heavy atom. The van der Waals surface area contributed by atoms with Crippen LogP contribution in [-0.4, -0.2) is 69.2 Å². The quantitative estimate of drug-likeness (QED) is 0.389. The Morgan fingerprint density at radius 3 is 2.46 bits per heavy atom. The van der Waals surface area contributed by atoms with Gasteiger partial charge in [-0.05, 0) is 52.2 Å². The Kier molecular flexibility index (Phi) is 6.85. The lowest BCUT2D eigenvalue weighted by atomic mass is 10.0. The average molecular weight is 473 g/mol. The molecular weight excluding hydrogens is 444 g/mol. The fourth-order valence-corrected chi connectivity index (χ4v) is 4.50. The van der Waals surface area contributed by atoms with Crippen LogP contribution in [0.5, 0.6) is 5.75 Å². The van der Waals surface area contributed by atoms with E-state index in [1.165, 1.54) is 11.8 Å². The summed E-state index contributed by atoms with van der Waals surface area (Å²) in [4.78, 5) is 16.9. The molecule has 0 spiro atoms. The molecule has 0 bridgehead atoms. The van der Waals surface area contributed by atoms with Gasteiger partial charge in [-0.15, -0.1) is 5.10 Å². The van der Waals surface area contributed by atoms with E-state index in [1.54, 1.807) is 19.2 Å². The number of aryl methyl sites for hydroxylation is 2. The number of tetrazole rings is 1. The summed E-state index contributed by atoms with van der Waals surface area (Å²) in [6.07, 6.45) is 2.36. The topological polar surface area (TPSA) is 89.5 Å². The first-order chi connectivity index (χ1) is 17.2. The van der Waals surface area contributed by atoms with E-state index in [2.05, 4.69) is 44.7 Å². The normalized spacial score (nSPS) is 15.2. The van der Waals surface area contributed by atoms with E-state index in [0.717, 1.165) is 23.6 Å². The van der Waals surface area contributed by atoms with Gasteiger partial charge in [-0.2, -0.15) is 0 Å². The fourth-order valence-electron chi connectivity index (χ4n) is 4.50. The fraction of sp³-hybridized carbons (Fsp3) is 0.308. The number of piperazine rings is 1. The van der Waals surface area contributed by atoms with E-state index >= 15 is 0 Å². The SMILES string of the molecule is COc1ccc([C@H](c2nnnn2CCc2ccccc2)N2CCN(C(=O)c3ccco3)CC2)cc1. The number of hydrogen-bond donors (Lipinski definition) is 0. The van der Waals surface area contributed by atoms with Gasteiger partial charge in [-0.1, -0.05) is 42.5 Å². The molecule has 9 nitrogen and oxygen atoms in total. The van der Waals surface area contributed by atoms with Crippen LogP contribution >= 0.6 is 0 Å². The van der Waals surface area contributed by atoms with E-state index in [0.29, 0.717) is 38.5 Å². The highest BCUT2D eigenvalue weighted by atomic mass is 16.5. The van der Waals surface area contributed by atoms with Crippen molar-refractivity contribution in [2.75, 3.05) is 33.3 Å². The highest BCUT2D eigenvalue weighted by Crippen LogP contribution is 2.30. The van der Waals surface area contributed by atoms with Gasteiger partial charge in [0.15, 0.2) is 11.6 Å². The molecule has 1 fully saturated rings. The first kappa shape index (κ1) is 22.8. The van der Waals surface area contributed by atoms with Crippen LogP contribution in [0.25, 0.3) is 0 Å². The Bertz CT molecular complexity index is 1220. The molecule has 0 N–H and O–H groups in total. The minimum Gasteiger partial charge on any atom is -0.497 e. The summed E-state index contributed by atoms with van der Waals surface area (Å²) in [7, 11) is 1.66. The number of rotatable bonds is 8. The van der Waals surface area contributed by atoms with Crippen LogP contribution in [0.3, 0.4) is 0 Å². The third-order valence-electron chi connectivity index (χ3n) is 6.39. The maximum absolute atomic E-state index is 12.7. The monoisotopic (exact) mass is 472 g/mol. The summed E-state index contributed by atoms with van der Waals surface area (Å²) in [5.74, 6) is 1.88. The van der Waals surface area contributed by atoms with Crippen molar-refractivity contribution in [2.45, 2.75) is 19.0 Å². The maximum atomic E-state index is 12.7. The van der Waals surface area contributed by atoms with Crippen LogP contribution in [0, 0.1) is 0 Å². The zero-order chi connectivity index (χ0) is 24.0. The van der Waals surface area contributed by atoms with Gasteiger partial charge in [-0.25, -0.2) is 4.68 Å². The van der Waals surface area contributed by atoms with Crippen molar-refractivity contribution in [1.29, 1.82) is 0 Å². The number of hydrogen-bond acceptors (Lipinski definition) is 7. The van der Waals surface area contributed by atoms with Gasteiger partial charge in [0.2, 0.25) is 0 Å². The molecule has 2 aromatic carbocycles. The molecule has 180 valence electrons. The van der Waals surface area contributed by atoms with E-state index in [-0.39, 0.29) is 11.9 Å². The van der Waals surface area contributed by atoms with E-state index in [4.69, 9.17) is 9.15 Å². The molecule has 2 aromatic heterocycles. The molecule has 1 atom stereocenters. The molecule has 3 heterocycles. The number of nitrogens with zero attached hydrogens (tertiary/aromatic N) is 6. The number of amides is 1. The number of furan rings is 1. The number of aromatic nitrogens is 4. The van der Waals surface area contributed by atoms with Crippen LogP contribution in [0.1, 0.15) is 33.5 Å². The molecule has 0 aliphatic carbocycles. The van der Waals surface area contributed by atoms with Gasteiger partial charge >= 0.3 is 0 Å². The zero-order valence-electron chi connectivity index (χ0n) is 19.7. The van der Waals surface area contributed by atoms with Crippen LogP contribution in [-0.2, 0) is 13.0 Å². The highest BCUT2D eigenvalue weighted by Gasteiger charge is 2.32. The molecule has 0 radical (unpaired) electrons. The summed E-state index contributed by atoms with van der Waals surface area (Å²) in [6.45, 7) is 3.24. The number of methoxy groups -OCH3 is 1. The molecule has 0 unspecified atom stereocenters. The lowest BCUT2D eigenvalue weighted by Gasteiger charge is -2.38. The molecule has 4 aromatic rings. The van der Waals surface area contributed by atoms with Crippen LogP contribution in [0.2, 0.25) is 0 Å². The van der Waals surface area contributed by atoms with Crippen molar-refractivity contribution >= 4 is 5.91 Å². The minimum absolute atomic E-state index is 0.0802. The Morgan fingerprint density at radius 2 is 1.77 bits per heavy atom. The van der Waals surface area contributed by atoms with Crippen LogP contribution in [0.15, 0.2) is 77.4 Å². The molecule has 5 rings (SSSR count). The van der Waals surface area contributed by atoms with Crippen molar-refractivity contribution in [1.82, 2.24) is 30.0 Å². The number of benzene rings is 2. The van der Waals surface area contributed by atoms with E-state index in [9.17, 15) is 4.79 Å². The Labute approximate surface area is 203 Å². The highest BCUT2D eigenvalue weighted by molar-refractivity contribution is 5.91. The summed E-state index contributed by atoms with van der Waals surface area (Å²) in [5, 5.41) is 12.8. The maximum Gasteiger partial charge on any atom is 0.289 e. The predicted octanol–water partition coefficient (Wildman–Crippen LogP) is 3.06. The van der Waals surface area contributed by atoms with E-state index in [1.807, 2.05) is 39.9 Å². The molecule has 0 saturated carbocycles. The smallest absolute Gasteiger partial charge is 0.289 e. The molecule has 35 heavy (non-hydrogen) atoms. The standard InChI is InChI=1S/C26H28N6O3/c1-34-22-11-9-21(10-12-22)24(25-27-28-29-32(25)14-13-20-6-3-2-4-7-20)30-15-17-31(18-16-30)26(33)23-8-5-19-35-23/h2-12,19,24H,13-18H2,1H3/t24-/m1/s1. The van der Waals surface area contributed by atoms with Gasteiger partial charge in [0.1, 0.15) is 5.75 Å². The second-order valence-corrected chi connectivity index (χ2v) is 8.48. The Hall–Kier alpha value is -3.98. The molecule has 1 saturated heterocycles. The van der Waals surface area contributed by atoms with Crippen LogP contribution < -0.4 is 4.74 Å². The Balaban J connectivity index is 1.37. The second kappa shape index (κ2) is 10.5. The number of ether oxygens (including phenoxy) is 1. The average Bonchev–Trinajstić information content (AvgIpc) is 3.62. The second-order valence-electron chi connectivity index (χ2n) is 8.48. The zero-order valence-corrected chi connectivity index (χ0v) is 19.7. The lowest BCUT2D eigenvalue weighted by Crippen LogP contribution is -2.50. The van der Waals surface area contributed by atoms with Crippen molar-refractivity contribution < 1.29 is 13.9 Å². The van der Waals surface area contributed by atoms with Gasteiger partial charge in [0, 0.05) is 32.7 Å². The third kappa shape index (κ3) is 5.09. The van der Waals surface area contributed by atoms with Crippen molar-refractivity contribution in [3.05, 3.63) is 95.7 Å². The molecule has 1 aliphatic rings. The van der Waals surface area contributed by atoms with Gasteiger partial charge in [-0.3, -0.25) is 9.69 Å². The van der Waals surface area contributed by atoms with E-state index < -0.39 is 0 Å². The molecule has 9 heteroatoms. The lowest BCUT2D eigenvalue weighted by molar-refractivity contribution is 0.0559. The number of carbonyl (C=O) groups is 1. The third-order valence-corrected chi connectivity index (χ3v) is 6.39. The van der Waals surface area contributed by atoms with Gasteiger partial charge < -0.3 is 14.1 Å². The predicted molar refractivity (Wildman–Crippen MR) is 129 cm³/mol. The summed E-state index contributed by atoms with van der Waals surface area (Å²) in [5.41, 5.74) is 2.31. The van der Waals surface area contributed by atoms with Gasteiger partial charge in [0.05, 0.1) is 19.4 Å². The first-order valence-electron chi connectivity index (χ1n) is 11.7. The summed E-state index contributed by atoms with van der Waals surface area (Å²) >= 11 is 0. The van der Waals surface area contributed by atoms with Crippen molar-refractivity contribution in [3.8, 4) is 5.75 Å². The molecular formula is C26H28N6O3.